The van der Waals surface area contributed by atoms with Crippen molar-refractivity contribution in [1.29, 1.82) is 0 Å². The molecule has 0 bridgehead atoms. The molecule has 2 fully saturated rings. The second kappa shape index (κ2) is 9.15. The van der Waals surface area contributed by atoms with E-state index in [9.17, 15) is 19.7 Å². The molecule has 0 spiro atoms. The van der Waals surface area contributed by atoms with Gasteiger partial charge < -0.3 is 14.2 Å². The van der Waals surface area contributed by atoms with Crippen LogP contribution in [0.25, 0.3) is 0 Å². The highest BCUT2D eigenvalue weighted by atomic mass is 32.2. The van der Waals surface area contributed by atoms with Gasteiger partial charge >= 0.3 is 5.97 Å². The van der Waals surface area contributed by atoms with Crippen molar-refractivity contribution < 1.29 is 28.7 Å². The van der Waals surface area contributed by atoms with Gasteiger partial charge in [0.2, 0.25) is 5.91 Å². The number of esters is 1. The van der Waals surface area contributed by atoms with Gasteiger partial charge in [-0.25, -0.2) is 4.79 Å². The number of hydrogen-bond acceptors (Lipinski definition) is 8. The molecule has 2 saturated heterocycles. The zero-order valence-electron chi connectivity index (χ0n) is 16.3. The van der Waals surface area contributed by atoms with E-state index in [0.717, 1.165) is 24.2 Å². The van der Waals surface area contributed by atoms with Crippen molar-refractivity contribution in [1.82, 2.24) is 4.90 Å². The Kier molecular flexibility index (Phi) is 6.35. The molecule has 0 N–H and O–H groups in total. The summed E-state index contributed by atoms with van der Waals surface area (Å²) in [5, 5.41) is 10.7. The van der Waals surface area contributed by atoms with Crippen molar-refractivity contribution in [3.63, 3.8) is 0 Å². The summed E-state index contributed by atoms with van der Waals surface area (Å²) in [5.74, 6) is -0.665. The molecule has 160 valence electrons. The monoisotopic (exact) mass is 434 g/mol. The van der Waals surface area contributed by atoms with Crippen LogP contribution in [0.15, 0.2) is 34.9 Å². The van der Waals surface area contributed by atoms with Crippen LogP contribution in [0.2, 0.25) is 0 Å². The molecule has 30 heavy (non-hydrogen) atoms. The molecule has 3 aliphatic heterocycles. The molecule has 10 heteroatoms. The molecule has 1 aromatic carbocycles. The minimum absolute atomic E-state index is 0.0294. The van der Waals surface area contributed by atoms with Gasteiger partial charge in [-0.3, -0.25) is 19.8 Å². The highest BCUT2D eigenvalue weighted by molar-refractivity contribution is 8.04. The Morgan fingerprint density at radius 1 is 1.30 bits per heavy atom. The third kappa shape index (κ3) is 4.50. The Morgan fingerprint density at radius 3 is 2.77 bits per heavy atom. The molecule has 0 aromatic heterocycles. The Bertz CT molecular complexity index is 864. The topological polar surface area (TPSA) is 108 Å². The van der Waals surface area contributed by atoms with E-state index in [4.69, 9.17) is 14.2 Å². The number of rotatable bonds is 8. The first-order valence-corrected chi connectivity index (χ1v) is 10.8. The predicted molar refractivity (Wildman–Crippen MR) is 107 cm³/mol. The van der Waals surface area contributed by atoms with Crippen molar-refractivity contribution in [2.24, 2.45) is 0 Å². The van der Waals surface area contributed by atoms with E-state index in [1.807, 2.05) is 0 Å². The van der Waals surface area contributed by atoms with Crippen molar-refractivity contribution in [3.8, 4) is 0 Å². The number of non-ortho nitro benzene ring substituents is 1. The lowest BCUT2D eigenvalue weighted by molar-refractivity contribution is -0.384. The van der Waals surface area contributed by atoms with Crippen LogP contribution in [0, 0.1) is 10.1 Å². The number of β-lactam (4-membered cyclic amide) rings is 1. The van der Waals surface area contributed by atoms with Crippen LogP contribution in [-0.4, -0.2) is 46.6 Å². The maximum absolute atomic E-state index is 12.7. The van der Waals surface area contributed by atoms with Crippen molar-refractivity contribution >= 4 is 29.3 Å². The van der Waals surface area contributed by atoms with Gasteiger partial charge in [0.15, 0.2) is 6.29 Å². The maximum Gasteiger partial charge on any atom is 0.356 e. The van der Waals surface area contributed by atoms with Gasteiger partial charge in [-0.1, -0.05) is 0 Å². The van der Waals surface area contributed by atoms with Crippen LogP contribution < -0.4 is 0 Å². The van der Waals surface area contributed by atoms with Gasteiger partial charge in [-0.05, 0) is 37.0 Å². The number of carbonyl (C=O) groups is 2. The van der Waals surface area contributed by atoms with E-state index >= 15 is 0 Å². The number of nitro groups is 1. The number of benzene rings is 1. The highest BCUT2D eigenvalue weighted by Gasteiger charge is 2.48. The van der Waals surface area contributed by atoms with E-state index in [0.29, 0.717) is 31.6 Å². The van der Waals surface area contributed by atoms with E-state index in [1.54, 1.807) is 12.1 Å². The number of hydrogen-bond donors (Lipinski definition) is 0. The summed E-state index contributed by atoms with van der Waals surface area (Å²) in [6.45, 7) is 1.07. The van der Waals surface area contributed by atoms with E-state index in [1.165, 1.54) is 28.8 Å². The number of carbonyl (C=O) groups excluding carboxylic acids is 2. The minimum Gasteiger partial charge on any atom is -0.456 e. The first kappa shape index (κ1) is 20.8. The predicted octanol–water partition coefficient (Wildman–Crippen LogP) is 3.09. The van der Waals surface area contributed by atoms with Gasteiger partial charge in [0, 0.05) is 30.1 Å². The van der Waals surface area contributed by atoms with Crippen LogP contribution in [-0.2, 0) is 30.4 Å². The van der Waals surface area contributed by atoms with Crippen molar-refractivity contribution in [3.05, 3.63) is 50.5 Å². The van der Waals surface area contributed by atoms with Gasteiger partial charge in [0.25, 0.3) is 5.69 Å². The summed E-state index contributed by atoms with van der Waals surface area (Å²) in [4.78, 5) is 37.3. The molecule has 1 amide bonds. The van der Waals surface area contributed by atoms with E-state index < -0.39 is 10.9 Å². The number of nitro benzene ring substituents is 1. The van der Waals surface area contributed by atoms with Crippen molar-refractivity contribution in [2.75, 3.05) is 13.2 Å². The standard InChI is InChI=1S/C20H22N2O7S/c23-16-11-17-21(16)19(15(30-17)8-10-28-18-3-1-2-9-27-18)20(24)29-12-13-4-6-14(7-5-13)22(25)26/h4-7,17-18H,1-3,8-12H2. The fourth-order valence-corrected chi connectivity index (χ4v) is 4.93. The largest absolute Gasteiger partial charge is 0.456 e. The summed E-state index contributed by atoms with van der Waals surface area (Å²) < 4.78 is 16.7. The molecule has 2 atom stereocenters. The minimum atomic E-state index is -0.569. The maximum atomic E-state index is 12.7. The molecule has 1 aromatic rings. The molecule has 0 radical (unpaired) electrons. The van der Waals surface area contributed by atoms with E-state index in [2.05, 4.69) is 0 Å². The van der Waals surface area contributed by atoms with Gasteiger partial charge in [0.1, 0.15) is 12.3 Å². The third-order valence-corrected chi connectivity index (χ3v) is 6.50. The highest BCUT2D eigenvalue weighted by Crippen LogP contribution is 2.47. The lowest BCUT2D eigenvalue weighted by atomic mass is 10.1. The molecule has 0 saturated carbocycles. The second-order valence-electron chi connectivity index (χ2n) is 7.23. The molecular weight excluding hydrogens is 412 g/mol. The Balaban J connectivity index is 1.37. The lowest BCUT2D eigenvalue weighted by Crippen LogP contribution is -2.48. The Hall–Kier alpha value is -2.43. The molecule has 9 nitrogen and oxygen atoms in total. The fourth-order valence-electron chi connectivity index (χ4n) is 3.55. The SMILES string of the molecule is O=C(OCc1ccc([N+](=O)[O-])cc1)C1=C(CCOC2CCCCO2)SC2CC(=O)N12. The average Bonchev–Trinajstić information content (AvgIpc) is 3.05. The lowest BCUT2D eigenvalue weighted by Gasteiger charge is -2.34. The van der Waals surface area contributed by atoms with Gasteiger partial charge in [0.05, 0.1) is 23.3 Å². The van der Waals surface area contributed by atoms with Crippen LogP contribution in [0.1, 0.15) is 37.7 Å². The zero-order valence-corrected chi connectivity index (χ0v) is 17.1. The number of ether oxygens (including phenoxy) is 3. The Labute approximate surface area is 177 Å². The molecule has 3 aliphatic rings. The zero-order chi connectivity index (χ0) is 21.1. The first-order valence-electron chi connectivity index (χ1n) is 9.88. The summed E-state index contributed by atoms with van der Waals surface area (Å²) in [6.07, 6.45) is 3.69. The van der Waals surface area contributed by atoms with Gasteiger partial charge in [-0.15, -0.1) is 11.8 Å². The quantitative estimate of drug-likeness (QED) is 0.266. The third-order valence-electron chi connectivity index (χ3n) is 5.17. The van der Waals surface area contributed by atoms with Crippen LogP contribution in [0.4, 0.5) is 5.69 Å². The summed E-state index contributed by atoms with van der Waals surface area (Å²) >= 11 is 1.50. The number of thioether (sulfide) groups is 1. The molecule has 4 rings (SSSR count). The summed E-state index contributed by atoms with van der Waals surface area (Å²) in [5.41, 5.74) is 0.889. The first-order chi connectivity index (χ1) is 14.5. The van der Waals surface area contributed by atoms with Crippen LogP contribution in [0.5, 0.6) is 0 Å². The summed E-state index contributed by atoms with van der Waals surface area (Å²) in [7, 11) is 0. The van der Waals surface area contributed by atoms with Crippen molar-refractivity contribution in [2.45, 2.75) is 50.4 Å². The number of amides is 1. The van der Waals surface area contributed by atoms with Crippen LogP contribution in [0.3, 0.4) is 0 Å². The average molecular weight is 434 g/mol. The second-order valence-corrected chi connectivity index (χ2v) is 8.50. The molecule has 0 aliphatic carbocycles. The van der Waals surface area contributed by atoms with Gasteiger partial charge in [-0.2, -0.15) is 0 Å². The fraction of sp³-hybridized carbons (Fsp3) is 0.500. The smallest absolute Gasteiger partial charge is 0.356 e. The van der Waals surface area contributed by atoms with Crippen LogP contribution >= 0.6 is 11.8 Å². The summed E-state index contributed by atoms with van der Waals surface area (Å²) in [6, 6.07) is 5.80. The Morgan fingerprint density at radius 2 is 2.10 bits per heavy atom. The molecule has 2 unspecified atom stereocenters. The number of fused-ring (bicyclic) bond motifs is 1. The number of nitrogens with zero attached hydrogens (tertiary/aromatic N) is 2. The normalized spacial score (nSPS) is 23.2. The molecular formula is C20H22N2O7S. The van der Waals surface area contributed by atoms with E-state index in [-0.39, 0.29) is 35.6 Å². The molecule has 3 heterocycles.